The van der Waals surface area contributed by atoms with Gasteiger partial charge in [-0.2, -0.15) is 0 Å². The number of anilines is 1. The number of rotatable bonds is 1. The lowest BCUT2D eigenvalue weighted by Crippen LogP contribution is -2.39. The summed E-state index contributed by atoms with van der Waals surface area (Å²) in [6, 6.07) is 10.5. The van der Waals surface area contributed by atoms with E-state index >= 15 is 0 Å². The second-order valence-electron chi connectivity index (χ2n) is 4.81. The van der Waals surface area contributed by atoms with Gasteiger partial charge in [0.1, 0.15) is 5.76 Å². The van der Waals surface area contributed by atoms with Crippen LogP contribution in [0.1, 0.15) is 13.3 Å². The molecule has 0 saturated carbocycles. The Morgan fingerprint density at radius 1 is 1.18 bits per heavy atom. The molecule has 0 N–H and O–H groups in total. The van der Waals surface area contributed by atoms with Crippen LogP contribution in [0.5, 0.6) is 0 Å². The largest absolute Gasteiger partial charge is 0.477 e. The van der Waals surface area contributed by atoms with E-state index in [0.717, 1.165) is 18.7 Å². The van der Waals surface area contributed by atoms with Crippen LogP contribution >= 0.6 is 0 Å². The van der Waals surface area contributed by atoms with Gasteiger partial charge in [-0.15, -0.1) is 0 Å². The van der Waals surface area contributed by atoms with Crippen LogP contribution in [0.25, 0.3) is 0 Å². The van der Waals surface area contributed by atoms with Crippen molar-refractivity contribution in [3.05, 3.63) is 53.8 Å². The molecular formula is C15H17NO. The average molecular weight is 227 g/mol. The van der Waals surface area contributed by atoms with E-state index in [1.165, 1.54) is 11.3 Å². The molecule has 17 heavy (non-hydrogen) atoms. The molecule has 1 saturated heterocycles. The zero-order valence-corrected chi connectivity index (χ0v) is 10.1. The van der Waals surface area contributed by atoms with Crippen molar-refractivity contribution in [3.8, 4) is 0 Å². The Balaban J connectivity index is 1.78. The minimum atomic E-state index is 0.522. The maximum atomic E-state index is 5.84. The molecule has 1 fully saturated rings. The third-order valence-corrected chi connectivity index (χ3v) is 3.45. The van der Waals surface area contributed by atoms with E-state index < -0.39 is 0 Å². The van der Waals surface area contributed by atoms with Gasteiger partial charge in [-0.3, -0.25) is 0 Å². The van der Waals surface area contributed by atoms with Gasteiger partial charge in [0, 0.05) is 18.2 Å². The second kappa shape index (κ2) is 4.28. The lowest BCUT2D eigenvalue weighted by atomic mass is 9.92. The topological polar surface area (TPSA) is 12.5 Å². The summed E-state index contributed by atoms with van der Waals surface area (Å²) in [5, 5.41) is 0. The number of benzene rings is 1. The molecule has 3 rings (SSSR count). The molecule has 88 valence electrons. The Morgan fingerprint density at radius 3 is 2.82 bits per heavy atom. The van der Waals surface area contributed by atoms with E-state index in [-0.39, 0.29) is 0 Å². The number of nitrogens with zero attached hydrogens (tertiary/aromatic N) is 1. The molecule has 0 bridgehead atoms. The smallest absolute Gasteiger partial charge is 0.161 e. The Kier molecular flexibility index (Phi) is 2.63. The minimum Gasteiger partial charge on any atom is -0.477 e. The first kappa shape index (κ1) is 10.5. The van der Waals surface area contributed by atoms with E-state index in [1.54, 1.807) is 0 Å². The number of hydrogen-bond donors (Lipinski definition) is 0. The highest BCUT2D eigenvalue weighted by Gasteiger charge is 2.27. The lowest BCUT2D eigenvalue weighted by molar-refractivity contribution is 0.140. The molecule has 1 aromatic rings. The van der Waals surface area contributed by atoms with Crippen molar-refractivity contribution >= 4 is 5.69 Å². The van der Waals surface area contributed by atoms with Crippen LogP contribution in [0.4, 0.5) is 5.69 Å². The summed E-state index contributed by atoms with van der Waals surface area (Å²) in [7, 11) is 0. The van der Waals surface area contributed by atoms with Crippen LogP contribution in [0, 0.1) is 5.92 Å². The number of hydrogen-bond acceptors (Lipinski definition) is 2. The van der Waals surface area contributed by atoms with E-state index in [0.29, 0.717) is 12.6 Å². The monoisotopic (exact) mass is 227 g/mol. The first-order valence-electron chi connectivity index (χ1n) is 6.13. The number of fused-ring (bicyclic) bond motifs is 1. The van der Waals surface area contributed by atoms with Gasteiger partial charge in [-0.05, 0) is 31.6 Å². The number of ether oxygens (including phenoxy) is 1. The van der Waals surface area contributed by atoms with Gasteiger partial charge in [0.2, 0.25) is 0 Å². The Hall–Kier alpha value is -1.70. The van der Waals surface area contributed by atoms with Crippen LogP contribution in [0.2, 0.25) is 0 Å². The summed E-state index contributed by atoms with van der Waals surface area (Å²) < 4.78 is 5.84. The predicted molar refractivity (Wildman–Crippen MR) is 69.7 cm³/mol. The van der Waals surface area contributed by atoms with Crippen molar-refractivity contribution in [2.24, 2.45) is 5.92 Å². The highest BCUT2D eigenvalue weighted by Crippen LogP contribution is 2.31. The van der Waals surface area contributed by atoms with Crippen molar-refractivity contribution in [1.29, 1.82) is 0 Å². The fourth-order valence-corrected chi connectivity index (χ4v) is 2.53. The highest BCUT2D eigenvalue weighted by atomic mass is 16.5. The van der Waals surface area contributed by atoms with Crippen LogP contribution in [-0.2, 0) is 4.74 Å². The standard InChI is InChI=1S/C15H17NO/c1-12-7-8-15-13(9-12)10-16(11-17-15)14-5-3-2-4-6-14/h2-8,13H,9-11H2,1H3. The van der Waals surface area contributed by atoms with Gasteiger partial charge in [-0.1, -0.05) is 29.8 Å². The van der Waals surface area contributed by atoms with Crippen molar-refractivity contribution in [2.75, 3.05) is 18.2 Å². The first-order valence-corrected chi connectivity index (χ1v) is 6.13. The van der Waals surface area contributed by atoms with Gasteiger partial charge < -0.3 is 9.64 Å². The van der Waals surface area contributed by atoms with Crippen LogP contribution < -0.4 is 4.90 Å². The Bertz CT molecular complexity index is 461. The molecule has 0 spiro atoms. The fourth-order valence-electron chi connectivity index (χ4n) is 2.53. The van der Waals surface area contributed by atoms with Crippen molar-refractivity contribution in [3.63, 3.8) is 0 Å². The third-order valence-electron chi connectivity index (χ3n) is 3.45. The van der Waals surface area contributed by atoms with Gasteiger partial charge >= 0.3 is 0 Å². The second-order valence-corrected chi connectivity index (χ2v) is 4.81. The van der Waals surface area contributed by atoms with Crippen molar-refractivity contribution < 1.29 is 4.74 Å². The molecule has 1 atom stereocenters. The molecular weight excluding hydrogens is 210 g/mol. The molecule has 0 radical (unpaired) electrons. The third kappa shape index (κ3) is 2.07. The molecule has 0 amide bonds. The minimum absolute atomic E-state index is 0.522. The maximum absolute atomic E-state index is 5.84. The Labute approximate surface area is 102 Å². The normalized spacial score (nSPS) is 23.4. The molecule has 2 nitrogen and oxygen atoms in total. The molecule has 2 aliphatic rings. The van der Waals surface area contributed by atoms with Crippen LogP contribution in [-0.4, -0.2) is 13.3 Å². The zero-order valence-electron chi connectivity index (χ0n) is 10.1. The van der Waals surface area contributed by atoms with Crippen molar-refractivity contribution in [1.82, 2.24) is 0 Å². The number of para-hydroxylation sites is 1. The van der Waals surface area contributed by atoms with Gasteiger partial charge in [0.05, 0.1) is 0 Å². The van der Waals surface area contributed by atoms with Crippen molar-refractivity contribution in [2.45, 2.75) is 13.3 Å². The summed E-state index contributed by atoms with van der Waals surface area (Å²) in [4.78, 5) is 2.31. The van der Waals surface area contributed by atoms with Crippen LogP contribution in [0.3, 0.4) is 0 Å². The maximum Gasteiger partial charge on any atom is 0.161 e. The summed E-state index contributed by atoms with van der Waals surface area (Å²) >= 11 is 0. The molecule has 1 aliphatic heterocycles. The van der Waals surface area contributed by atoms with Crippen LogP contribution in [0.15, 0.2) is 53.8 Å². The lowest BCUT2D eigenvalue weighted by Gasteiger charge is -2.37. The SMILES string of the molecule is CC1=CC=C2OCN(c3ccccc3)CC2C1. The number of allylic oxidation sites excluding steroid dienone is 3. The fraction of sp³-hybridized carbons (Fsp3) is 0.333. The molecule has 1 heterocycles. The van der Waals surface area contributed by atoms with E-state index in [9.17, 15) is 0 Å². The van der Waals surface area contributed by atoms with E-state index in [2.05, 4.69) is 48.2 Å². The summed E-state index contributed by atoms with van der Waals surface area (Å²) in [5.41, 5.74) is 2.69. The Morgan fingerprint density at radius 2 is 2.00 bits per heavy atom. The first-order chi connectivity index (χ1) is 8.33. The van der Waals surface area contributed by atoms with Gasteiger partial charge in [0.15, 0.2) is 6.73 Å². The zero-order chi connectivity index (χ0) is 11.7. The molecule has 1 unspecified atom stereocenters. The quantitative estimate of drug-likeness (QED) is 0.729. The predicted octanol–water partition coefficient (Wildman–Crippen LogP) is 3.33. The molecule has 1 aromatic carbocycles. The average Bonchev–Trinajstić information content (AvgIpc) is 2.39. The highest BCUT2D eigenvalue weighted by molar-refractivity contribution is 5.46. The summed E-state index contributed by atoms with van der Waals surface area (Å²) in [6.07, 6.45) is 5.42. The van der Waals surface area contributed by atoms with Gasteiger partial charge in [-0.25, -0.2) is 0 Å². The summed E-state index contributed by atoms with van der Waals surface area (Å²) in [5.74, 6) is 1.68. The van der Waals surface area contributed by atoms with Gasteiger partial charge in [0.25, 0.3) is 0 Å². The molecule has 1 aliphatic carbocycles. The molecule has 2 heteroatoms. The van der Waals surface area contributed by atoms with E-state index in [4.69, 9.17) is 4.74 Å². The molecule has 0 aromatic heterocycles. The van der Waals surface area contributed by atoms with E-state index in [1.807, 2.05) is 6.07 Å². The summed E-state index contributed by atoms with van der Waals surface area (Å²) in [6.45, 7) is 3.91.